The fourth-order valence-electron chi connectivity index (χ4n) is 2.28. The topological polar surface area (TPSA) is 12.0 Å². The number of halogens is 3. The Kier molecular flexibility index (Phi) is 1.46. The molecular formula is C6H10BF3N-. The summed E-state index contributed by atoms with van der Waals surface area (Å²) in [5.41, 5.74) is 0. The zero-order valence-electron chi connectivity index (χ0n) is 6.06. The average molecular weight is 164 g/mol. The second-order valence-corrected chi connectivity index (χ2v) is 3.61. The molecule has 0 amide bonds. The molecule has 1 heterocycles. The third-order valence-electron chi connectivity index (χ3n) is 3.00. The number of hydrogen-bond donors (Lipinski definition) is 1. The highest BCUT2D eigenvalue weighted by Gasteiger charge is 2.52. The summed E-state index contributed by atoms with van der Waals surface area (Å²) in [6, 6.07) is 0. The summed E-state index contributed by atoms with van der Waals surface area (Å²) < 4.78 is 36.5. The molecule has 0 spiro atoms. The third kappa shape index (κ3) is 1.06. The second kappa shape index (κ2) is 2.15. The number of hydrogen-bond acceptors (Lipinski definition) is 1. The van der Waals surface area contributed by atoms with Gasteiger partial charge in [0.1, 0.15) is 0 Å². The summed E-state index contributed by atoms with van der Waals surface area (Å²) in [7, 11) is 0. The van der Waals surface area contributed by atoms with Crippen LogP contribution in [0, 0.1) is 11.8 Å². The maximum Gasteiger partial charge on any atom is 0.481 e. The molecule has 1 aliphatic carbocycles. The maximum absolute atomic E-state index is 12.2. The van der Waals surface area contributed by atoms with E-state index in [4.69, 9.17) is 0 Å². The molecule has 2 rings (SSSR count). The molecule has 0 aromatic heterocycles. The Balaban J connectivity index is 2.00. The lowest BCUT2D eigenvalue weighted by Gasteiger charge is -2.45. The van der Waals surface area contributed by atoms with Crippen LogP contribution in [-0.2, 0) is 0 Å². The fourth-order valence-corrected chi connectivity index (χ4v) is 2.28. The molecule has 3 unspecified atom stereocenters. The van der Waals surface area contributed by atoms with Gasteiger partial charge in [-0.15, -0.1) is 0 Å². The molecule has 2 aliphatic rings. The molecular weight excluding hydrogens is 154 g/mol. The van der Waals surface area contributed by atoms with E-state index < -0.39 is 12.8 Å². The predicted octanol–water partition coefficient (Wildman–Crippen LogP) is 1.44. The van der Waals surface area contributed by atoms with Gasteiger partial charge in [0.25, 0.3) is 0 Å². The lowest BCUT2D eigenvalue weighted by atomic mass is 9.51. The first-order valence-electron chi connectivity index (χ1n) is 3.99. The van der Waals surface area contributed by atoms with Gasteiger partial charge in [0, 0.05) is 0 Å². The monoisotopic (exact) mass is 164 g/mol. The minimum Gasteiger partial charge on any atom is -0.449 e. The zero-order chi connectivity index (χ0) is 8.06. The van der Waals surface area contributed by atoms with Crippen molar-refractivity contribution in [1.82, 2.24) is 5.32 Å². The van der Waals surface area contributed by atoms with Crippen molar-refractivity contribution in [1.29, 1.82) is 0 Å². The van der Waals surface area contributed by atoms with Crippen LogP contribution in [0.3, 0.4) is 0 Å². The Morgan fingerprint density at radius 1 is 1.18 bits per heavy atom. The van der Waals surface area contributed by atoms with Crippen molar-refractivity contribution in [3.05, 3.63) is 0 Å². The molecule has 1 N–H and O–H groups in total. The standard InChI is InChI=1S/C6H10BF3N/c8-7(9,10)6-1-4-2-11-3-5(4)6/h4-6,11H,1-3H2/q-1. The van der Waals surface area contributed by atoms with E-state index in [0.29, 0.717) is 18.9 Å². The van der Waals surface area contributed by atoms with E-state index in [1.54, 1.807) is 0 Å². The van der Waals surface area contributed by atoms with Crippen LogP contribution in [0.5, 0.6) is 0 Å². The molecule has 1 aliphatic heterocycles. The van der Waals surface area contributed by atoms with Gasteiger partial charge in [-0.05, 0) is 24.9 Å². The van der Waals surface area contributed by atoms with Gasteiger partial charge in [0.05, 0.1) is 0 Å². The van der Waals surface area contributed by atoms with Gasteiger partial charge in [-0.1, -0.05) is 12.2 Å². The highest BCUT2D eigenvalue weighted by molar-refractivity contribution is 6.60. The molecule has 0 aromatic rings. The fraction of sp³-hybridized carbons (Fsp3) is 1.00. The summed E-state index contributed by atoms with van der Waals surface area (Å²) in [5.74, 6) is -0.714. The zero-order valence-corrected chi connectivity index (χ0v) is 6.06. The number of nitrogens with one attached hydrogen (secondary N) is 1. The SMILES string of the molecule is F[B-](F)(F)C1CC2CNCC21. The summed E-state index contributed by atoms with van der Waals surface area (Å²) in [6.07, 6.45) is 0.376. The molecule has 5 heteroatoms. The Bertz CT molecular complexity index is 170. The smallest absolute Gasteiger partial charge is 0.449 e. The van der Waals surface area contributed by atoms with Gasteiger partial charge < -0.3 is 18.3 Å². The quantitative estimate of drug-likeness (QED) is 0.578. The van der Waals surface area contributed by atoms with Gasteiger partial charge in [0.2, 0.25) is 0 Å². The van der Waals surface area contributed by atoms with Crippen LogP contribution in [0.4, 0.5) is 12.9 Å². The van der Waals surface area contributed by atoms with Crippen LogP contribution < -0.4 is 5.32 Å². The van der Waals surface area contributed by atoms with E-state index in [1.807, 2.05) is 0 Å². The van der Waals surface area contributed by atoms with E-state index >= 15 is 0 Å². The van der Waals surface area contributed by atoms with Gasteiger partial charge >= 0.3 is 6.98 Å². The largest absolute Gasteiger partial charge is 0.481 e. The lowest BCUT2D eigenvalue weighted by Crippen LogP contribution is -2.43. The second-order valence-electron chi connectivity index (χ2n) is 3.61. The molecule has 0 bridgehead atoms. The summed E-state index contributed by atoms with van der Waals surface area (Å²) in [5, 5.41) is 3.00. The molecule has 0 aromatic carbocycles. The maximum atomic E-state index is 12.2. The van der Waals surface area contributed by atoms with Crippen LogP contribution in [0.1, 0.15) is 6.42 Å². The molecule has 11 heavy (non-hydrogen) atoms. The van der Waals surface area contributed by atoms with Crippen molar-refractivity contribution in [3.8, 4) is 0 Å². The Labute approximate surface area is 63.4 Å². The van der Waals surface area contributed by atoms with Gasteiger partial charge in [0.15, 0.2) is 0 Å². The van der Waals surface area contributed by atoms with Crippen LogP contribution in [0.2, 0.25) is 5.82 Å². The van der Waals surface area contributed by atoms with Crippen LogP contribution in [-0.4, -0.2) is 20.1 Å². The highest BCUT2D eigenvalue weighted by Crippen LogP contribution is 2.53. The molecule has 1 nitrogen and oxygen atoms in total. The van der Waals surface area contributed by atoms with E-state index in [-0.39, 0.29) is 5.92 Å². The van der Waals surface area contributed by atoms with Crippen LogP contribution in [0.25, 0.3) is 0 Å². The summed E-state index contributed by atoms with van der Waals surface area (Å²) >= 11 is 0. The van der Waals surface area contributed by atoms with Crippen molar-refractivity contribution in [2.24, 2.45) is 11.8 Å². The van der Waals surface area contributed by atoms with Crippen molar-refractivity contribution in [2.45, 2.75) is 12.2 Å². The molecule has 1 saturated heterocycles. The van der Waals surface area contributed by atoms with E-state index in [2.05, 4.69) is 5.32 Å². The minimum atomic E-state index is -4.56. The first-order valence-corrected chi connectivity index (χ1v) is 3.99. The van der Waals surface area contributed by atoms with Crippen molar-refractivity contribution >= 4 is 6.98 Å². The van der Waals surface area contributed by atoms with E-state index in [9.17, 15) is 12.9 Å². The third-order valence-corrected chi connectivity index (χ3v) is 3.00. The van der Waals surface area contributed by atoms with Crippen molar-refractivity contribution in [2.75, 3.05) is 13.1 Å². The van der Waals surface area contributed by atoms with Gasteiger partial charge in [-0.3, -0.25) is 0 Å². The van der Waals surface area contributed by atoms with Crippen molar-refractivity contribution in [3.63, 3.8) is 0 Å². The molecule has 64 valence electrons. The first-order chi connectivity index (χ1) is 5.09. The molecule has 2 fully saturated rings. The lowest BCUT2D eigenvalue weighted by molar-refractivity contribution is 0.195. The van der Waals surface area contributed by atoms with E-state index in [0.717, 1.165) is 6.54 Å². The minimum absolute atomic E-state index is 0.0880. The average Bonchev–Trinajstić information content (AvgIpc) is 2.08. The van der Waals surface area contributed by atoms with Crippen molar-refractivity contribution < 1.29 is 12.9 Å². The Hall–Kier alpha value is -0.185. The Morgan fingerprint density at radius 3 is 2.45 bits per heavy atom. The normalized spacial score (nSPS) is 43.4. The van der Waals surface area contributed by atoms with Gasteiger partial charge in [-0.2, -0.15) is 0 Å². The van der Waals surface area contributed by atoms with Crippen LogP contribution in [0.15, 0.2) is 0 Å². The number of fused-ring (bicyclic) bond motifs is 1. The Morgan fingerprint density at radius 2 is 1.91 bits per heavy atom. The van der Waals surface area contributed by atoms with Gasteiger partial charge in [-0.25, -0.2) is 0 Å². The number of rotatable bonds is 1. The molecule has 3 atom stereocenters. The first kappa shape index (κ1) is 7.46. The van der Waals surface area contributed by atoms with Crippen LogP contribution >= 0.6 is 0 Å². The highest BCUT2D eigenvalue weighted by atomic mass is 19.4. The van der Waals surface area contributed by atoms with E-state index in [1.165, 1.54) is 0 Å². The molecule has 0 radical (unpaired) electrons. The summed E-state index contributed by atoms with van der Waals surface area (Å²) in [4.78, 5) is 0. The molecule has 1 saturated carbocycles. The summed E-state index contributed by atoms with van der Waals surface area (Å²) in [6.45, 7) is -3.18. The predicted molar refractivity (Wildman–Crippen MR) is 37.3 cm³/mol.